The molecule has 1 amide bonds. The minimum absolute atomic E-state index is 0.0780. The Kier molecular flexibility index (Phi) is 4.84. The van der Waals surface area contributed by atoms with Crippen LogP contribution in [0.2, 0.25) is 0 Å². The summed E-state index contributed by atoms with van der Waals surface area (Å²) in [6.45, 7) is 6.06. The number of hydrogen-bond acceptors (Lipinski definition) is 4. The molecule has 2 aromatic rings. The summed E-state index contributed by atoms with van der Waals surface area (Å²) in [5.74, 6) is 0.943. The van der Waals surface area contributed by atoms with Crippen LogP contribution in [0.1, 0.15) is 37.4 Å². The molecular weight excluding hydrogens is 362 g/mol. The lowest BCUT2D eigenvalue weighted by atomic mass is 9.75. The molecule has 150 valence electrons. The highest BCUT2D eigenvalue weighted by Crippen LogP contribution is 2.57. The molecule has 1 spiro atoms. The van der Waals surface area contributed by atoms with Crippen molar-refractivity contribution in [3.05, 3.63) is 65.7 Å². The van der Waals surface area contributed by atoms with Crippen molar-refractivity contribution in [3.8, 4) is 11.8 Å². The molecule has 5 nitrogen and oxygen atoms in total. The molecule has 3 unspecified atom stereocenters. The van der Waals surface area contributed by atoms with Gasteiger partial charge in [0.05, 0.1) is 24.6 Å². The molecule has 2 aromatic carbocycles. The van der Waals surface area contributed by atoms with Gasteiger partial charge in [-0.25, -0.2) is 0 Å². The van der Waals surface area contributed by atoms with Crippen LogP contribution in [-0.2, 0) is 11.3 Å². The van der Waals surface area contributed by atoms with E-state index in [2.05, 4.69) is 30.0 Å². The largest absolute Gasteiger partial charge is 0.497 e. The second-order valence-corrected chi connectivity index (χ2v) is 8.35. The van der Waals surface area contributed by atoms with E-state index in [0.29, 0.717) is 19.5 Å². The first-order valence-corrected chi connectivity index (χ1v) is 10.1. The minimum Gasteiger partial charge on any atom is -0.497 e. The zero-order chi connectivity index (χ0) is 20.6. The molecule has 5 heteroatoms. The molecule has 29 heavy (non-hydrogen) atoms. The summed E-state index contributed by atoms with van der Waals surface area (Å²) in [5, 5.41) is 10.0. The molecule has 2 heterocycles. The standard InChI is InChI=1S/C24H27N3O2/c1-4-27-21(19-8-6-5-7-9-19)23(2,16-25)15-24(27)17-26(22(24)28)14-18-10-12-20(29-3)13-11-18/h5-13,21H,4,14-15,17H2,1-3H3. The quantitative estimate of drug-likeness (QED) is 0.731. The van der Waals surface area contributed by atoms with Gasteiger partial charge in [0.2, 0.25) is 5.91 Å². The fourth-order valence-corrected chi connectivity index (χ4v) is 5.25. The van der Waals surface area contributed by atoms with Crippen molar-refractivity contribution in [2.24, 2.45) is 5.41 Å². The predicted molar refractivity (Wildman–Crippen MR) is 111 cm³/mol. The van der Waals surface area contributed by atoms with Crippen molar-refractivity contribution in [2.45, 2.75) is 38.4 Å². The third-order valence-electron chi connectivity index (χ3n) is 6.51. The Hall–Kier alpha value is -2.84. The van der Waals surface area contributed by atoms with E-state index >= 15 is 0 Å². The normalized spacial score (nSPS) is 29.0. The number of likely N-dealkylation sites (N-methyl/N-ethyl adjacent to an activating group) is 1. The van der Waals surface area contributed by atoms with Crippen molar-refractivity contribution in [2.75, 3.05) is 20.2 Å². The first kappa shape index (κ1) is 19.5. The molecule has 3 atom stereocenters. The van der Waals surface area contributed by atoms with Crippen molar-refractivity contribution in [1.29, 1.82) is 5.26 Å². The summed E-state index contributed by atoms with van der Waals surface area (Å²) >= 11 is 0. The van der Waals surface area contributed by atoms with Crippen molar-refractivity contribution in [3.63, 3.8) is 0 Å². The van der Waals surface area contributed by atoms with Gasteiger partial charge in [0.1, 0.15) is 11.3 Å². The number of nitriles is 1. The van der Waals surface area contributed by atoms with E-state index in [4.69, 9.17) is 4.74 Å². The Morgan fingerprint density at radius 2 is 1.86 bits per heavy atom. The van der Waals surface area contributed by atoms with E-state index in [1.54, 1.807) is 7.11 Å². The number of methoxy groups -OCH3 is 1. The maximum Gasteiger partial charge on any atom is 0.245 e. The zero-order valence-electron chi connectivity index (χ0n) is 17.3. The SMILES string of the molecule is CCN1C(c2ccccc2)C(C)(C#N)CC12CN(Cc1ccc(OC)cc1)C2=O. The third kappa shape index (κ3) is 2.99. The molecule has 2 fully saturated rings. The average molecular weight is 389 g/mol. The van der Waals surface area contributed by atoms with Crippen LogP contribution in [0.5, 0.6) is 5.75 Å². The smallest absolute Gasteiger partial charge is 0.245 e. The Balaban J connectivity index is 1.59. The molecule has 0 N–H and O–H groups in total. The highest BCUT2D eigenvalue weighted by molar-refractivity contribution is 5.93. The summed E-state index contributed by atoms with van der Waals surface area (Å²) in [7, 11) is 1.65. The van der Waals surface area contributed by atoms with Gasteiger partial charge in [-0.2, -0.15) is 5.26 Å². The van der Waals surface area contributed by atoms with Crippen molar-refractivity contribution in [1.82, 2.24) is 9.80 Å². The number of β-lactam (4-membered cyclic amide) rings is 1. The molecule has 4 rings (SSSR count). The van der Waals surface area contributed by atoms with Gasteiger partial charge in [0, 0.05) is 13.1 Å². The zero-order valence-corrected chi connectivity index (χ0v) is 17.3. The van der Waals surface area contributed by atoms with E-state index in [1.165, 1.54) is 0 Å². The lowest BCUT2D eigenvalue weighted by Crippen LogP contribution is -2.71. The van der Waals surface area contributed by atoms with Crippen molar-refractivity contribution >= 4 is 5.91 Å². The molecule has 0 saturated carbocycles. The van der Waals surface area contributed by atoms with Crippen LogP contribution in [0.3, 0.4) is 0 Å². The third-order valence-corrected chi connectivity index (χ3v) is 6.51. The monoisotopic (exact) mass is 389 g/mol. The first-order valence-electron chi connectivity index (χ1n) is 10.1. The fraction of sp³-hybridized carbons (Fsp3) is 0.417. The van der Waals surface area contributed by atoms with E-state index in [-0.39, 0.29) is 11.9 Å². The summed E-state index contributed by atoms with van der Waals surface area (Å²) in [6.07, 6.45) is 0.571. The minimum atomic E-state index is -0.598. The molecule has 2 aliphatic rings. The van der Waals surface area contributed by atoms with Gasteiger partial charge in [-0.15, -0.1) is 0 Å². The van der Waals surface area contributed by atoms with Crippen LogP contribution < -0.4 is 4.74 Å². The topological polar surface area (TPSA) is 56.6 Å². The number of likely N-dealkylation sites (tertiary alicyclic amines) is 2. The number of amides is 1. The number of nitrogens with zero attached hydrogens (tertiary/aromatic N) is 3. The van der Waals surface area contributed by atoms with Gasteiger partial charge in [-0.1, -0.05) is 49.4 Å². The molecule has 0 aliphatic carbocycles. The van der Waals surface area contributed by atoms with Gasteiger partial charge in [-0.05, 0) is 43.1 Å². The van der Waals surface area contributed by atoms with Crippen LogP contribution in [0, 0.1) is 16.7 Å². The number of benzene rings is 2. The number of ether oxygens (including phenoxy) is 1. The maximum absolute atomic E-state index is 13.4. The number of carbonyl (C=O) groups excluding carboxylic acids is 1. The van der Waals surface area contributed by atoms with Crippen LogP contribution in [0.4, 0.5) is 0 Å². The number of carbonyl (C=O) groups is 1. The number of rotatable bonds is 5. The fourth-order valence-electron chi connectivity index (χ4n) is 5.25. The van der Waals surface area contributed by atoms with Gasteiger partial charge < -0.3 is 9.64 Å². The predicted octanol–water partition coefficient (Wildman–Crippen LogP) is 3.77. The van der Waals surface area contributed by atoms with E-state index in [0.717, 1.165) is 23.4 Å². The molecule has 0 aromatic heterocycles. The van der Waals surface area contributed by atoms with Crippen LogP contribution >= 0.6 is 0 Å². The molecule has 2 aliphatic heterocycles. The highest BCUT2D eigenvalue weighted by Gasteiger charge is 2.67. The van der Waals surface area contributed by atoms with Crippen molar-refractivity contribution < 1.29 is 9.53 Å². The highest BCUT2D eigenvalue weighted by atomic mass is 16.5. The van der Waals surface area contributed by atoms with E-state index in [1.807, 2.05) is 54.3 Å². The van der Waals surface area contributed by atoms with Gasteiger partial charge in [0.25, 0.3) is 0 Å². The summed E-state index contributed by atoms with van der Waals surface area (Å²) in [6, 6.07) is 20.4. The molecule has 0 bridgehead atoms. The molecular formula is C24H27N3O2. The lowest BCUT2D eigenvalue weighted by Gasteiger charge is -2.52. The summed E-state index contributed by atoms with van der Waals surface area (Å²) in [5.41, 5.74) is 1.01. The Labute approximate surface area is 172 Å². The second-order valence-electron chi connectivity index (χ2n) is 8.35. The molecule has 2 saturated heterocycles. The summed E-state index contributed by atoms with van der Waals surface area (Å²) < 4.78 is 5.21. The summed E-state index contributed by atoms with van der Waals surface area (Å²) in [4.78, 5) is 17.6. The average Bonchev–Trinajstić information content (AvgIpc) is 3.05. The van der Waals surface area contributed by atoms with E-state index in [9.17, 15) is 10.1 Å². The maximum atomic E-state index is 13.4. The Bertz CT molecular complexity index is 937. The van der Waals surface area contributed by atoms with Crippen LogP contribution in [-0.4, -0.2) is 41.4 Å². The second kappa shape index (κ2) is 7.20. The van der Waals surface area contributed by atoms with Gasteiger partial charge >= 0.3 is 0 Å². The Morgan fingerprint density at radius 3 is 2.41 bits per heavy atom. The lowest BCUT2D eigenvalue weighted by molar-refractivity contribution is -0.163. The van der Waals surface area contributed by atoms with Gasteiger partial charge in [0.15, 0.2) is 0 Å². The molecule has 0 radical (unpaired) electrons. The Morgan fingerprint density at radius 1 is 1.17 bits per heavy atom. The van der Waals surface area contributed by atoms with Gasteiger partial charge in [-0.3, -0.25) is 9.69 Å². The van der Waals surface area contributed by atoms with Crippen LogP contribution in [0.25, 0.3) is 0 Å². The number of hydrogen-bond donors (Lipinski definition) is 0. The first-order chi connectivity index (χ1) is 14.0. The van der Waals surface area contributed by atoms with Crippen LogP contribution in [0.15, 0.2) is 54.6 Å². The van der Waals surface area contributed by atoms with E-state index < -0.39 is 11.0 Å².